The number of hydrogen-bond acceptors (Lipinski definition) is 5. The maximum absolute atomic E-state index is 13.0. The highest BCUT2D eigenvalue weighted by molar-refractivity contribution is 9.10. The van der Waals surface area contributed by atoms with E-state index in [4.69, 9.17) is 19.5 Å². The molecule has 0 amide bonds. The quantitative estimate of drug-likeness (QED) is 0.361. The molecule has 0 aliphatic heterocycles. The van der Waals surface area contributed by atoms with Crippen LogP contribution in [0.25, 0.3) is 6.08 Å². The summed E-state index contributed by atoms with van der Waals surface area (Å²) in [5.74, 6) is -0.136. The summed E-state index contributed by atoms with van der Waals surface area (Å²) in [5.41, 5.74) is 1.24. The van der Waals surface area contributed by atoms with E-state index in [1.165, 1.54) is 25.3 Å². The SMILES string of the molecule is CCOC(=O)/C(C#N)=C/c1cc(Br)c(OCc2ccc(F)cc2)c(OC)c1. The number of methoxy groups -OCH3 is 1. The van der Waals surface area contributed by atoms with Crippen LogP contribution in [0.1, 0.15) is 18.1 Å². The molecule has 0 saturated heterocycles. The van der Waals surface area contributed by atoms with Gasteiger partial charge in [-0.15, -0.1) is 0 Å². The fourth-order valence-corrected chi connectivity index (χ4v) is 2.79. The summed E-state index contributed by atoms with van der Waals surface area (Å²) in [6.07, 6.45) is 1.41. The van der Waals surface area contributed by atoms with E-state index < -0.39 is 5.97 Å². The van der Waals surface area contributed by atoms with Crippen LogP contribution < -0.4 is 9.47 Å². The molecule has 0 fully saturated rings. The number of halogens is 2. The van der Waals surface area contributed by atoms with Gasteiger partial charge in [-0.25, -0.2) is 9.18 Å². The third-order valence-electron chi connectivity index (χ3n) is 3.48. The molecule has 0 spiro atoms. The lowest BCUT2D eigenvalue weighted by Crippen LogP contribution is -2.06. The van der Waals surface area contributed by atoms with Gasteiger partial charge in [0.05, 0.1) is 18.2 Å². The lowest BCUT2D eigenvalue weighted by atomic mass is 10.1. The van der Waals surface area contributed by atoms with Gasteiger partial charge >= 0.3 is 5.97 Å². The topological polar surface area (TPSA) is 68.6 Å². The van der Waals surface area contributed by atoms with E-state index in [0.29, 0.717) is 21.5 Å². The molecule has 0 aliphatic rings. The Morgan fingerprint density at radius 3 is 2.59 bits per heavy atom. The maximum Gasteiger partial charge on any atom is 0.348 e. The van der Waals surface area contributed by atoms with Gasteiger partial charge in [-0.05, 0) is 64.3 Å². The van der Waals surface area contributed by atoms with Crippen LogP contribution in [0.5, 0.6) is 11.5 Å². The predicted molar refractivity (Wildman–Crippen MR) is 102 cm³/mol. The van der Waals surface area contributed by atoms with Crippen molar-refractivity contribution < 1.29 is 23.4 Å². The standard InChI is InChI=1S/C20H17BrFNO4/c1-3-26-20(24)15(11-23)8-14-9-17(21)19(18(10-14)25-2)27-12-13-4-6-16(22)7-5-13/h4-10H,3,12H2,1-2H3/b15-8+. The minimum atomic E-state index is -0.688. The second-order valence-corrected chi connectivity index (χ2v) is 6.19. The molecule has 0 aliphatic carbocycles. The molecule has 7 heteroatoms. The molecule has 0 unspecified atom stereocenters. The normalized spacial score (nSPS) is 10.9. The van der Waals surface area contributed by atoms with Crippen molar-refractivity contribution in [1.82, 2.24) is 0 Å². The monoisotopic (exact) mass is 433 g/mol. The molecule has 27 heavy (non-hydrogen) atoms. The van der Waals surface area contributed by atoms with Gasteiger partial charge in [0.15, 0.2) is 11.5 Å². The maximum atomic E-state index is 13.0. The van der Waals surface area contributed by atoms with Crippen molar-refractivity contribution in [1.29, 1.82) is 5.26 Å². The van der Waals surface area contributed by atoms with Crippen LogP contribution in [0.3, 0.4) is 0 Å². The molecule has 0 N–H and O–H groups in total. The average Bonchev–Trinajstić information content (AvgIpc) is 2.66. The summed E-state index contributed by atoms with van der Waals surface area (Å²) in [7, 11) is 1.48. The summed E-state index contributed by atoms with van der Waals surface area (Å²) in [4.78, 5) is 11.8. The number of rotatable bonds is 7. The molecule has 2 rings (SSSR count). The van der Waals surface area contributed by atoms with Gasteiger partial charge in [-0.2, -0.15) is 5.26 Å². The van der Waals surface area contributed by atoms with Crippen molar-refractivity contribution >= 4 is 28.0 Å². The van der Waals surface area contributed by atoms with Crippen molar-refractivity contribution in [2.24, 2.45) is 0 Å². The molecule has 0 heterocycles. The molecule has 0 radical (unpaired) electrons. The van der Waals surface area contributed by atoms with Crippen molar-refractivity contribution in [3.63, 3.8) is 0 Å². The van der Waals surface area contributed by atoms with Gasteiger partial charge < -0.3 is 14.2 Å². The van der Waals surface area contributed by atoms with E-state index in [-0.39, 0.29) is 24.6 Å². The molecular weight excluding hydrogens is 417 g/mol. The Morgan fingerprint density at radius 2 is 2.00 bits per heavy atom. The van der Waals surface area contributed by atoms with Crippen molar-refractivity contribution in [2.45, 2.75) is 13.5 Å². The lowest BCUT2D eigenvalue weighted by Gasteiger charge is -2.14. The predicted octanol–water partition coefficient (Wildman–Crippen LogP) is 4.65. The molecule has 0 bridgehead atoms. The molecule has 5 nitrogen and oxygen atoms in total. The van der Waals surface area contributed by atoms with Crippen LogP contribution in [0.2, 0.25) is 0 Å². The van der Waals surface area contributed by atoms with Crippen LogP contribution in [-0.2, 0) is 16.1 Å². The zero-order valence-electron chi connectivity index (χ0n) is 14.8. The van der Waals surface area contributed by atoms with E-state index in [1.54, 1.807) is 31.2 Å². The number of benzene rings is 2. The van der Waals surface area contributed by atoms with E-state index in [9.17, 15) is 9.18 Å². The zero-order chi connectivity index (χ0) is 19.8. The Bertz CT molecular complexity index is 888. The van der Waals surface area contributed by atoms with Gasteiger partial charge in [-0.3, -0.25) is 0 Å². The minimum absolute atomic E-state index is 0.120. The lowest BCUT2D eigenvalue weighted by molar-refractivity contribution is -0.137. The van der Waals surface area contributed by atoms with Crippen LogP contribution in [0, 0.1) is 17.1 Å². The number of carbonyl (C=O) groups excluding carboxylic acids is 1. The summed E-state index contributed by atoms with van der Waals surface area (Å²) < 4.78 is 29.6. The first-order chi connectivity index (χ1) is 13.0. The van der Waals surface area contributed by atoms with E-state index in [2.05, 4.69) is 15.9 Å². The van der Waals surface area contributed by atoms with Crippen molar-refractivity contribution in [3.05, 3.63) is 63.4 Å². The number of nitriles is 1. The van der Waals surface area contributed by atoms with Gasteiger partial charge in [0.25, 0.3) is 0 Å². The number of carbonyl (C=O) groups is 1. The van der Waals surface area contributed by atoms with Crippen molar-refractivity contribution in [2.75, 3.05) is 13.7 Å². The number of nitrogens with zero attached hydrogens (tertiary/aromatic N) is 1. The van der Waals surface area contributed by atoms with Gasteiger partial charge in [0.1, 0.15) is 24.1 Å². The first-order valence-electron chi connectivity index (χ1n) is 8.02. The second kappa shape index (κ2) is 9.74. The first-order valence-corrected chi connectivity index (χ1v) is 8.81. The third kappa shape index (κ3) is 5.56. The number of hydrogen-bond donors (Lipinski definition) is 0. The molecule has 2 aromatic rings. The minimum Gasteiger partial charge on any atom is -0.493 e. The van der Waals surface area contributed by atoms with Crippen LogP contribution in [0.4, 0.5) is 4.39 Å². The van der Waals surface area contributed by atoms with Crippen LogP contribution in [0.15, 0.2) is 46.4 Å². The summed E-state index contributed by atoms with van der Waals surface area (Å²) >= 11 is 3.41. The van der Waals surface area contributed by atoms with E-state index in [1.807, 2.05) is 6.07 Å². The Balaban J connectivity index is 2.27. The largest absolute Gasteiger partial charge is 0.493 e. The molecule has 0 atom stereocenters. The summed E-state index contributed by atoms with van der Waals surface area (Å²) in [6.45, 7) is 2.07. The van der Waals surface area contributed by atoms with Gasteiger partial charge in [-0.1, -0.05) is 12.1 Å². The fourth-order valence-electron chi connectivity index (χ4n) is 2.21. The highest BCUT2D eigenvalue weighted by Crippen LogP contribution is 2.37. The second-order valence-electron chi connectivity index (χ2n) is 5.34. The Hall–Kier alpha value is -2.85. The molecule has 0 aromatic heterocycles. The van der Waals surface area contributed by atoms with Crippen LogP contribution in [-0.4, -0.2) is 19.7 Å². The Labute approximate surface area is 165 Å². The number of ether oxygens (including phenoxy) is 3. The smallest absolute Gasteiger partial charge is 0.348 e. The van der Waals surface area contributed by atoms with Crippen LogP contribution >= 0.6 is 15.9 Å². The number of esters is 1. The zero-order valence-corrected chi connectivity index (χ0v) is 16.4. The first kappa shape index (κ1) is 20.5. The Morgan fingerprint density at radius 1 is 1.30 bits per heavy atom. The summed E-state index contributed by atoms with van der Waals surface area (Å²) in [5, 5.41) is 9.15. The Kier molecular flexibility index (Phi) is 7.38. The van der Waals surface area contributed by atoms with Gasteiger partial charge in [0.2, 0.25) is 0 Å². The summed E-state index contributed by atoms with van der Waals surface area (Å²) in [6, 6.07) is 11.1. The van der Waals surface area contributed by atoms with E-state index in [0.717, 1.165) is 5.56 Å². The molecule has 2 aromatic carbocycles. The highest BCUT2D eigenvalue weighted by atomic mass is 79.9. The third-order valence-corrected chi connectivity index (χ3v) is 4.06. The molecular formula is C20H17BrFNO4. The highest BCUT2D eigenvalue weighted by Gasteiger charge is 2.14. The van der Waals surface area contributed by atoms with Crippen molar-refractivity contribution in [3.8, 4) is 17.6 Å². The average molecular weight is 434 g/mol. The van der Waals surface area contributed by atoms with E-state index >= 15 is 0 Å². The molecule has 140 valence electrons. The molecule has 0 saturated carbocycles. The fraction of sp³-hybridized carbons (Fsp3) is 0.200. The van der Waals surface area contributed by atoms with Gasteiger partial charge in [0, 0.05) is 0 Å².